The van der Waals surface area contributed by atoms with Gasteiger partial charge in [-0.3, -0.25) is 9.69 Å². The molecule has 5 nitrogen and oxygen atoms in total. The van der Waals surface area contributed by atoms with E-state index in [1.54, 1.807) is 19.1 Å². The first kappa shape index (κ1) is 17.6. The molecular weight excluding hydrogens is 316 g/mol. The van der Waals surface area contributed by atoms with Gasteiger partial charge in [0.2, 0.25) is 0 Å². The first-order valence-corrected chi connectivity index (χ1v) is 8.60. The number of hydrogen-bond donors (Lipinski definition) is 2. The summed E-state index contributed by atoms with van der Waals surface area (Å²) in [4.78, 5) is 14.7. The van der Waals surface area contributed by atoms with Crippen LogP contribution < -0.4 is 5.32 Å². The number of hydrogen-bond acceptors (Lipinski definition) is 4. The summed E-state index contributed by atoms with van der Waals surface area (Å²) < 4.78 is 5.36. The van der Waals surface area contributed by atoms with Crippen LogP contribution in [0.1, 0.15) is 34.5 Å². The molecule has 0 saturated carbocycles. The van der Waals surface area contributed by atoms with E-state index in [0.29, 0.717) is 11.3 Å². The van der Waals surface area contributed by atoms with Gasteiger partial charge in [-0.05, 0) is 42.3 Å². The van der Waals surface area contributed by atoms with Crippen LogP contribution in [0.15, 0.2) is 48.5 Å². The minimum atomic E-state index is -0.510. The fourth-order valence-electron chi connectivity index (χ4n) is 2.83. The predicted molar refractivity (Wildman–Crippen MR) is 97.6 cm³/mol. The molecule has 0 aliphatic carbocycles. The zero-order valence-electron chi connectivity index (χ0n) is 14.4. The molecule has 1 aliphatic heterocycles. The van der Waals surface area contributed by atoms with Crippen molar-refractivity contribution in [3.63, 3.8) is 0 Å². The minimum absolute atomic E-state index is 0.136. The van der Waals surface area contributed by atoms with Gasteiger partial charge in [-0.15, -0.1) is 0 Å². The number of ether oxygens (including phenoxy) is 1. The highest BCUT2D eigenvalue weighted by atomic mass is 16.5. The number of anilines is 1. The molecule has 132 valence electrons. The van der Waals surface area contributed by atoms with Crippen molar-refractivity contribution in [2.45, 2.75) is 19.6 Å². The molecule has 0 aromatic heterocycles. The summed E-state index contributed by atoms with van der Waals surface area (Å²) in [5.41, 5.74) is 3.36. The molecule has 5 heteroatoms. The van der Waals surface area contributed by atoms with E-state index in [1.807, 2.05) is 36.4 Å². The highest BCUT2D eigenvalue weighted by Gasteiger charge is 2.11. The second kappa shape index (κ2) is 8.25. The lowest BCUT2D eigenvalue weighted by Gasteiger charge is -2.26. The molecule has 1 aliphatic rings. The van der Waals surface area contributed by atoms with Crippen LogP contribution in [-0.2, 0) is 11.3 Å². The number of carbonyl (C=O) groups is 1. The summed E-state index contributed by atoms with van der Waals surface area (Å²) in [5.74, 6) is -0.136. The number of nitrogens with zero attached hydrogens (tertiary/aromatic N) is 1. The Balaban J connectivity index is 1.58. The zero-order valence-corrected chi connectivity index (χ0v) is 14.4. The highest BCUT2D eigenvalue weighted by molar-refractivity contribution is 6.04. The summed E-state index contributed by atoms with van der Waals surface area (Å²) in [6.07, 6.45) is -0.510. The average Bonchev–Trinajstić information content (AvgIpc) is 2.63. The van der Waals surface area contributed by atoms with Gasteiger partial charge in [0.1, 0.15) is 0 Å². The van der Waals surface area contributed by atoms with Crippen molar-refractivity contribution >= 4 is 11.6 Å². The number of amides is 1. The molecule has 1 amide bonds. The van der Waals surface area contributed by atoms with Crippen LogP contribution >= 0.6 is 0 Å². The zero-order chi connectivity index (χ0) is 17.6. The number of aliphatic hydroxyl groups excluding tert-OH is 1. The molecule has 2 aromatic rings. The number of morpholine rings is 1. The number of nitrogens with one attached hydrogen (secondary N) is 1. The summed E-state index contributed by atoms with van der Waals surface area (Å²) >= 11 is 0. The molecule has 2 N–H and O–H groups in total. The van der Waals surface area contributed by atoms with Crippen molar-refractivity contribution in [1.82, 2.24) is 4.90 Å². The molecule has 0 spiro atoms. The fourth-order valence-corrected chi connectivity index (χ4v) is 2.83. The van der Waals surface area contributed by atoms with E-state index in [9.17, 15) is 9.90 Å². The molecule has 25 heavy (non-hydrogen) atoms. The third-order valence-electron chi connectivity index (χ3n) is 4.38. The largest absolute Gasteiger partial charge is 0.389 e. The van der Waals surface area contributed by atoms with Crippen molar-refractivity contribution < 1.29 is 14.6 Å². The van der Waals surface area contributed by atoms with Crippen LogP contribution in [0, 0.1) is 0 Å². The Morgan fingerprint density at radius 2 is 1.76 bits per heavy atom. The summed E-state index contributed by atoms with van der Waals surface area (Å²) in [5, 5.41) is 12.4. The monoisotopic (exact) mass is 340 g/mol. The third-order valence-corrected chi connectivity index (χ3v) is 4.38. The Morgan fingerprint density at radius 1 is 1.12 bits per heavy atom. The smallest absolute Gasteiger partial charge is 0.255 e. The predicted octanol–water partition coefficient (Wildman–Crippen LogP) is 2.82. The first-order valence-electron chi connectivity index (χ1n) is 8.60. The van der Waals surface area contributed by atoms with Gasteiger partial charge in [0, 0.05) is 30.9 Å². The highest BCUT2D eigenvalue weighted by Crippen LogP contribution is 2.17. The Labute approximate surface area is 148 Å². The van der Waals surface area contributed by atoms with E-state index in [4.69, 9.17) is 4.74 Å². The molecule has 2 aromatic carbocycles. The van der Waals surface area contributed by atoms with Crippen LogP contribution in [0.4, 0.5) is 5.69 Å². The van der Waals surface area contributed by atoms with E-state index >= 15 is 0 Å². The van der Waals surface area contributed by atoms with Gasteiger partial charge in [0.15, 0.2) is 0 Å². The maximum atomic E-state index is 12.3. The Kier molecular flexibility index (Phi) is 5.81. The Bertz CT molecular complexity index is 690. The van der Waals surface area contributed by atoms with Gasteiger partial charge in [-0.2, -0.15) is 0 Å². The summed E-state index contributed by atoms with van der Waals surface area (Å²) in [7, 11) is 0. The second-order valence-electron chi connectivity index (χ2n) is 6.34. The quantitative estimate of drug-likeness (QED) is 0.879. The molecule has 0 bridgehead atoms. The lowest BCUT2D eigenvalue weighted by molar-refractivity contribution is 0.0342. The minimum Gasteiger partial charge on any atom is -0.389 e. The summed E-state index contributed by atoms with van der Waals surface area (Å²) in [6, 6.07) is 14.9. The second-order valence-corrected chi connectivity index (χ2v) is 6.34. The molecule has 0 unspecified atom stereocenters. The van der Waals surface area contributed by atoms with E-state index < -0.39 is 6.10 Å². The van der Waals surface area contributed by atoms with Gasteiger partial charge in [0.25, 0.3) is 5.91 Å². The van der Waals surface area contributed by atoms with Gasteiger partial charge < -0.3 is 15.2 Å². The van der Waals surface area contributed by atoms with E-state index in [1.165, 1.54) is 5.56 Å². The van der Waals surface area contributed by atoms with Gasteiger partial charge >= 0.3 is 0 Å². The molecule has 1 saturated heterocycles. The Morgan fingerprint density at radius 3 is 2.36 bits per heavy atom. The molecule has 1 heterocycles. The van der Waals surface area contributed by atoms with Crippen LogP contribution in [-0.4, -0.2) is 42.2 Å². The normalized spacial score (nSPS) is 16.4. The molecule has 1 atom stereocenters. The fraction of sp³-hybridized carbons (Fsp3) is 0.350. The van der Waals surface area contributed by atoms with Crippen molar-refractivity contribution in [3.05, 3.63) is 65.2 Å². The topological polar surface area (TPSA) is 61.8 Å². The standard InChI is InChI=1S/C20H24N2O3/c1-15(23)17-6-8-19(9-7-17)21-20(24)18-4-2-16(3-5-18)14-22-10-12-25-13-11-22/h2-9,15,23H,10-14H2,1H3,(H,21,24)/t15-/m0/s1. The first-order chi connectivity index (χ1) is 12.1. The molecular formula is C20H24N2O3. The van der Waals surface area contributed by atoms with Crippen molar-refractivity contribution in [2.24, 2.45) is 0 Å². The maximum Gasteiger partial charge on any atom is 0.255 e. The van der Waals surface area contributed by atoms with Crippen LogP contribution in [0.2, 0.25) is 0 Å². The lowest BCUT2D eigenvalue weighted by Crippen LogP contribution is -2.35. The number of rotatable bonds is 5. The van der Waals surface area contributed by atoms with E-state index in [-0.39, 0.29) is 5.91 Å². The molecule has 0 radical (unpaired) electrons. The van der Waals surface area contributed by atoms with E-state index in [2.05, 4.69) is 10.2 Å². The van der Waals surface area contributed by atoms with Gasteiger partial charge in [0.05, 0.1) is 19.3 Å². The van der Waals surface area contributed by atoms with Crippen LogP contribution in [0.25, 0.3) is 0 Å². The van der Waals surface area contributed by atoms with Crippen molar-refractivity contribution in [2.75, 3.05) is 31.6 Å². The van der Waals surface area contributed by atoms with E-state index in [0.717, 1.165) is 38.4 Å². The average molecular weight is 340 g/mol. The number of benzene rings is 2. The Hall–Kier alpha value is -2.21. The third kappa shape index (κ3) is 4.89. The number of carbonyl (C=O) groups excluding carboxylic acids is 1. The summed E-state index contributed by atoms with van der Waals surface area (Å²) in [6.45, 7) is 6.07. The lowest BCUT2D eigenvalue weighted by atomic mass is 10.1. The molecule has 1 fully saturated rings. The van der Waals surface area contributed by atoms with Gasteiger partial charge in [-0.1, -0.05) is 24.3 Å². The van der Waals surface area contributed by atoms with Gasteiger partial charge in [-0.25, -0.2) is 0 Å². The SMILES string of the molecule is C[C@H](O)c1ccc(NC(=O)c2ccc(CN3CCOCC3)cc2)cc1. The number of aliphatic hydroxyl groups is 1. The maximum absolute atomic E-state index is 12.3. The van der Waals surface area contributed by atoms with Crippen molar-refractivity contribution in [1.29, 1.82) is 0 Å². The van der Waals surface area contributed by atoms with Crippen LogP contribution in [0.5, 0.6) is 0 Å². The van der Waals surface area contributed by atoms with Crippen LogP contribution in [0.3, 0.4) is 0 Å². The van der Waals surface area contributed by atoms with Crippen molar-refractivity contribution in [3.8, 4) is 0 Å². The molecule has 3 rings (SSSR count).